The van der Waals surface area contributed by atoms with Gasteiger partial charge in [-0.15, -0.1) is 0 Å². The number of hydrogen-bond acceptors (Lipinski definition) is 8. The van der Waals surface area contributed by atoms with Crippen LogP contribution in [0.2, 0.25) is 0 Å². The Morgan fingerprint density at radius 3 is 2.73 bits per heavy atom. The van der Waals surface area contributed by atoms with Crippen molar-refractivity contribution in [1.29, 1.82) is 0 Å². The average Bonchev–Trinajstić information content (AvgIpc) is 3.26. The quantitative estimate of drug-likeness (QED) is 0.159. The normalized spacial score (nSPS) is 11.8. The number of aliphatic hydroxyl groups is 1. The lowest BCUT2D eigenvalue weighted by atomic mass is 9.94. The Kier molecular flexibility index (Phi) is 9.28. The maximum atomic E-state index is 12.7. The number of ether oxygens (including phenoxy) is 1. The molecule has 0 aliphatic heterocycles. The Morgan fingerprint density at radius 2 is 1.97 bits per heavy atom. The first-order chi connectivity index (χ1) is 17.9. The number of fused-ring (bicyclic) bond motifs is 3. The molecule has 8 nitrogen and oxygen atoms in total. The molecule has 4 aromatic rings. The highest BCUT2D eigenvalue weighted by Gasteiger charge is 2.25. The number of imidazole rings is 1. The number of anilines is 1. The molecular weight excluding hydrogens is 506 g/mol. The third kappa shape index (κ3) is 6.94. The fraction of sp³-hybridized carbons (Fsp3) is 0.407. The van der Waals surface area contributed by atoms with Crippen LogP contribution in [0.1, 0.15) is 39.4 Å². The second-order valence-corrected chi connectivity index (χ2v) is 12.0. The van der Waals surface area contributed by atoms with Crippen LogP contribution in [0.5, 0.6) is 0 Å². The number of unbranched alkanes of at least 4 members (excludes halogenated alkanes) is 1. The van der Waals surface area contributed by atoms with E-state index in [0.717, 1.165) is 46.5 Å². The lowest BCUT2D eigenvalue weighted by molar-refractivity contribution is 0.141. The molecular formula is C27H33N5O3S2. The third-order valence-electron chi connectivity index (χ3n) is 5.83. The van der Waals surface area contributed by atoms with Crippen LogP contribution in [0.25, 0.3) is 21.9 Å². The highest BCUT2D eigenvalue weighted by atomic mass is 33.1. The van der Waals surface area contributed by atoms with Crippen LogP contribution in [-0.2, 0) is 17.7 Å². The van der Waals surface area contributed by atoms with Crippen molar-refractivity contribution in [3.05, 3.63) is 54.5 Å². The van der Waals surface area contributed by atoms with Gasteiger partial charge in [0.1, 0.15) is 23.0 Å². The summed E-state index contributed by atoms with van der Waals surface area (Å²) >= 11 is 0. The van der Waals surface area contributed by atoms with E-state index < -0.39 is 6.09 Å². The summed E-state index contributed by atoms with van der Waals surface area (Å²) in [5.74, 6) is 1.93. The molecule has 37 heavy (non-hydrogen) atoms. The molecule has 1 aromatic carbocycles. The van der Waals surface area contributed by atoms with E-state index >= 15 is 0 Å². The summed E-state index contributed by atoms with van der Waals surface area (Å²) in [7, 11) is 3.12. The minimum Gasteiger partial charge on any atom is -0.448 e. The van der Waals surface area contributed by atoms with E-state index in [9.17, 15) is 9.90 Å². The number of nitrogens with zero attached hydrogens (tertiary/aromatic N) is 4. The smallest absolute Gasteiger partial charge is 0.412 e. The second-order valence-electron chi connectivity index (χ2n) is 9.55. The van der Waals surface area contributed by atoms with E-state index in [-0.39, 0.29) is 18.6 Å². The fourth-order valence-electron chi connectivity index (χ4n) is 3.94. The Labute approximate surface area is 225 Å². The van der Waals surface area contributed by atoms with Gasteiger partial charge in [0, 0.05) is 42.3 Å². The van der Waals surface area contributed by atoms with Crippen molar-refractivity contribution in [2.75, 3.05) is 24.3 Å². The number of para-hydroxylation sites is 1. The molecule has 0 saturated heterocycles. The monoisotopic (exact) mass is 539 g/mol. The van der Waals surface area contributed by atoms with Gasteiger partial charge in [0.15, 0.2) is 5.82 Å². The number of aromatic nitrogens is 4. The van der Waals surface area contributed by atoms with Gasteiger partial charge in [0.2, 0.25) is 0 Å². The molecule has 0 atom stereocenters. The van der Waals surface area contributed by atoms with Crippen molar-refractivity contribution < 1.29 is 14.6 Å². The Balaban J connectivity index is 1.57. The van der Waals surface area contributed by atoms with Gasteiger partial charge in [0.25, 0.3) is 0 Å². The lowest BCUT2D eigenvalue weighted by Crippen LogP contribution is -2.25. The Bertz CT molecular complexity index is 1340. The molecule has 0 aliphatic rings. The molecule has 4 rings (SSSR count). The van der Waals surface area contributed by atoms with Crippen molar-refractivity contribution in [1.82, 2.24) is 19.5 Å². The molecule has 10 heteroatoms. The number of nitrogens with one attached hydrogen (secondary N) is 1. The summed E-state index contributed by atoms with van der Waals surface area (Å²) in [5, 5.41) is 14.7. The molecule has 0 saturated carbocycles. The SMILES string of the molecule is CCCCc1nc2c(NC(=O)OCCSSc3ccccn3)nc3ccccc3c2n1CC(C)(C)CO. The first kappa shape index (κ1) is 27.2. The van der Waals surface area contributed by atoms with Gasteiger partial charge < -0.3 is 14.4 Å². The molecule has 3 aromatic heterocycles. The van der Waals surface area contributed by atoms with Gasteiger partial charge in [-0.3, -0.25) is 5.32 Å². The van der Waals surface area contributed by atoms with Gasteiger partial charge in [-0.1, -0.05) is 62.3 Å². The predicted octanol–water partition coefficient (Wildman–Crippen LogP) is 6.33. The third-order valence-corrected chi connectivity index (χ3v) is 8.06. The number of pyridine rings is 2. The zero-order valence-electron chi connectivity index (χ0n) is 21.4. The highest BCUT2D eigenvalue weighted by molar-refractivity contribution is 8.76. The molecule has 3 heterocycles. The predicted molar refractivity (Wildman–Crippen MR) is 152 cm³/mol. The average molecular weight is 540 g/mol. The molecule has 0 fully saturated rings. The molecule has 0 radical (unpaired) electrons. The number of aryl methyl sites for hydroxylation is 1. The number of aliphatic hydroxyl groups excluding tert-OH is 1. The first-order valence-corrected chi connectivity index (χ1v) is 14.8. The Hall–Kier alpha value is -2.82. The molecule has 0 spiro atoms. The van der Waals surface area contributed by atoms with Crippen LogP contribution in [-0.4, -0.2) is 49.7 Å². The molecule has 0 bridgehead atoms. The number of hydrogen-bond donors (Lipinski definition) is 2. The van der Waals surface area contributed by atoms with E-state index in [1.165, 1.54) is 0 Å². The van der Waals surface area contributed by atoms with Crippen molar-refractivity contribution in [3.63, 3.8) is 0 Å². The summed E-state index contributed by atoms with van der Waals surface area (Å²) in [6.45, 7) is 7.13. The molecule has 0 unspecified atom stereocenters. The number of carbonyl (C=O) groups is 1. The summed E-state index contributed by atoms with van der Waals surface area (Å²) in [6, 6.07) is 13.6. The summed E-state index contributed by atoms with van der Waals surface area (Å²) in [4.78, 5) is 26.6. The maximum Gasteiger partial charge on any atom is 0.412 e. The second kappa shape index (κ2) is 12.6. The largest absolute Gasteiger partial charge is 0.448 e. The molecule has 196 valence electrons. The standard InChI is InChI=1S/C27H33N5O3S2/c1-4-5-12-21-30-23-24(32(21)17-27(2,3)18-33)19-10-6-7-11-20(19)29-25(23)31-26(34)35-15-16-36-37-22-13-8-9-14-28-22/h6-11,13-14,33H,4-5,12,15-18H2,1-3H3,(H,29,31,34). The van der Waals surface area contributed by atoms with Crippen LogP contribution >= 0.6 is 21.6 Å². The van der Waals surface area contributed by atoms with Gasteiger partial charge in [-0.05, 0) is 35.4 Å². The van der Waals surface area contributed by atoms with Crippen LogP contribution < -0.4 is 5.32 Å². The number of carbonyl (C=O) groups excluding carboxylic acids is 1. The van der Waals surface area contributed by atoms with E-state index in [4.69, 9.17) is 14.7 Å². The minimum atomic E-state index is -0.562. The minimum absolute atomic E-state index is 0.0526. The van der Waals surface area contributed by atoms with Crippen molar-refractivity contribution >= 4 is 55.4 Å². The summed E-state index contributed by atoms with van der Waals surface area (Å²) < 4.78 is 7.62. The molecule has 0 aliphatic carbocycles. The topological polar surface area (TPSA) is 102 Å². The summed E-state index contributed by atoms with van der Waals surface area (Å²) in [5.41, 5.74) is 1.97. The van der Waals surface area contributed by atoms with Crippen molar-refractivity contribution in [2.45, 2.75) is 51.6 Å². The zero-order valence-corrected chi connectivity index (χ0v) is 23.1. The van der Waals surface area contributed by atoms with Crippen LogP contribution in [0.4, 0.5) is 10.6 Å². The Morgan fingerprint density at radius 1 is 1.16 bits per heavy atom. The number of benzene rings is 1. The van der Waals surface area contributed by atoms with Crippen LogP contribution in [0, 0.1) is 5.41 Å². The van der Waals surface area contributed by atoms with Crippen molar-refractivity contribution in [3.8, 4) is 0 Å². The van der Waals surface area contributed by atoms with E-state index in [2.05, 4.69) is 21.8 Å². The van der Waals surface area contributed by atoms with Gasteiger partial charge in [-0.2, -0.15) is 0 Å². The molecule has 1 amide bonds. The fourth-order valence-corrected chi connectivity index (χ4v) is 5.65. The van der Waals surface area contributed by atoms with Gasteiger partial charge >= 0.3 is 6.09 Å². The molecule has 2 N–H and O–H groups in total. The lowest BCUT2D eigenvalue weighted by Gasteiger charge is -2.24. The van der Waals surface area contributed by atoms with Crippen LogP contribution in [0.3, 0.4) is 0 Å². The summed E-state index contributed by atoms with van der Waals surface area (Å²) in [6.07, 6.45) is 4.03. The number of rotatable bonds is 12. The van der Waals surface area contributed by atoms with E-state index in [1.807, 2.05) is 56.3 Å². The van der Waals surface area contributed by atoms with E-state index in [1.54, 1.807) is 27.8 Å². The van der Waals surface area contributed by atoms with Gasteiger partial charge in [-0.25, -0.2) is 19.7 Å². The maximum absolute atomic E-state index is 12.7. The zero-order chi connectivity index (χ0) is 26.3. The van der Waals surface area contributed by atoms with Gasteiger partial charge in [0.05, 0.1) is 11.0 Å². The van der Waals surface area contributed by atoms with Crippen molar-refractivity contribution in [2.24, 2.45) is 5.41 Å². The highest BCUT2D eigenvalue weighted by Crippen LogP contribution is 2.33. The van der Waals surface area contributed by atoms with E-state index in [0.29, 0.717) is 23.6 Å². The first-order valence-electron chi connectivity index (χ1n) is 12.4. The van der Waals surface area contributed by atoms with Crippen LogP contribution in [0.15, 0.2) is 53.7 Å². The number of amides is 1.